The summed E-state index contributed by atoms with van der Waals surface area (Å²) in [5.41, 5.74) is 3.10. The molecule has 1 saturated heterocycles. The Labute approximate surface area is 124 Å². The van der Waals surface area contributed by atoms with E-state index in [-0.39, 0.29) is 0 Å². The number of hydrogen-bond acceptors (Lipinski definition) is 3. The lowest BCUT2D eigenvalue weighted by Crippen LogP contribution is -2.31. The third-order valence-electron chi connectivity index (χ3n) is 4.98. The lowest BCUT2D eigenvalue weighted by atomic mass is 9.68. The third-order valence-corrected chi connectivity index (χ3v) is 6.02. The van der Waals surface area contributed by atoms with Gasteiger partial charge in [0.2, 0.25) is 0 Å². The number of nitrogens with zero attached hydrogens (tertiary/aromatic N) is 2. The Morgan fingerprint density at radius 3 is 2.85 bits per heavy atom. The maximum absolute atomic E-state index is 4.50. The quantitative estimate of drug-likeness (QED) is 0.759. The van der Waals surface area contributed by atoms with Crippen LogP contribution < -0.4 is 0 Å². The van der Waals surface area contributed by atoms with Gasteiger partial charge in [-0.15, -0.1) is 0 Å². The molecule has 1 aliphatic heterocycles. The molecular formula is C17H20N2S. The summed E-state index contributed by atoms with van der Waals surface area (Å²) in [4.78, 5) is 5.83. The third kappa shape index (κ3) is 2.13. The van der Waals surface area contributed by atoms with Crippen molar-refractivity contribution in [2.45, 2.75) is 37.5 Å². The molecule has 2 nitrogen and oxygen atoms in total. The van der Waals surface area contributed by atoms with Crippen molar-refractivity contribution in [2.24, 2.45) is 5.41 Å². The van der Waals surface area contributed by atoms with Crippen LogP contribution in [-0.2, 0) is 0 Å². The molecule has 0 N–H and O–H groups in total. The van der Waals surface area contributed by atoms with Crippen LogP contribution in [0.15, 0.2) is 35.4 Å². The van der Waals surface area contributed by atoms with Gasteiger partial charge in [0, 0.05) is 29.6 Å². The zero-order valence-corrected chi connectivity index (χ0v) is 12.7. The van der Waals surface area contributed by atoms with E-state index in [1.54, 1.807) is 0 Å². The average Bonchev–Trinajstić information content (AvgIpc) is 2.83. The van der Waals surface area contributed by atoms with Crippen molar-refractivity contribution in [2.75, 3.05) is 13.1 Å². The second-order valence-corrected chi connectivity index (χ2v) is 7.54. The Kier molecular flexibility index (Phi) is 3.00. The van der Waals surface area contributed by atoms with Crippen molar-refractivity contribution in [3.63, 3.8) is 0 Å². The van der Waals surface area contributed by atoms with Crippen LogP contribution in [0, 0.1) is 12.3 Å². The highest BCUT2D eigenvalue weighted by molar-refractivity contribution is 7.97. The van der Waals surface area contributed by atoms with Gasteiger partial charge in [-0.3, -0.25) is 4.98 Å². The molecule has 2 fully saturated rings. The molecule has 1 aromatic heterocycles. The highest BCUT2D eigenvalue weighted by Crippen LogP contribution is 2.50. The first kappa shape index (κ1) is 12.7. The van der Waals surface area contributed by atoms with Crippen LogP contribution in [0.4, 0.5) is 0 Å². The number of benzene rings is 1. The molecule has 4 rings (SSSR count). The summed E-state index contributed by atoms with van der Waals surface area (Å²) in [6.07, 6.45) is 7.64. The molecule has 1 aromatic carbocycles. The van der Waals surface area contributed by atoms with Gasteiger partial charge in [0.15, 0.2) is 0 Å². The number of rotatable bonds is 2. The second-order valence-electron chi connectivity index (χ2n) is 6.37. The summed E-state index contributed by atoms with van der Waals surface area (Å²) in [6, 6.07) is 8.78. The zero-order valence-electron chi connectivity index (χ0n) is 11.9. The number of hydrogen-bond donors (Lipinski definition) is 0. The van der Waals surface area contributed by atoms with Crippen LogP contribution in [0.5, 0.6) is 0 Å². The first-order valence-electron chi connectivity index (χ1n) is 7.53. The molecule has 0 radical (unpaired) electrons. The summed E-state index contributed by atoms with van der Waals surface area (Å²) in [5, 5.41) is 1.27. The first-order valence-corrected chi connectivity index (χ1v) is 8.30. The predicted octanol–water partition coefficient (Wildman–Crippen LogP) is 4.43. The molecule has 1 aliphatic carbocycles. The van der Waals surface area contributed by atoms with E-state index in [0.29, 0.717) is 5.41 Å². The Hall–Kier alpha value is -1.06. The van der Waals surface area contributed by atoms with Gasteiger partial charge < -0.3 is 0 Å². The van der Waals surface area contributed by atoms with Gasteiger partial charge >= 0.3 is 0 Å². The van der Waals surface area contributed by atoms with Gasteiger partial charge in [-0.1, -0.05) is 12.5 Å². The topological polar surface area (TPSA) is 16.1 Å². The predicted molar refractivity (Wildman–Crippen MR) is 84.8 cm³/mol. The standard InChI is InChI=1S/C17H20N2S/c1-13-5-9-18-16-11-14(3-4-15(13)16)20-19-10-8-17(12-19)6-2-7-17/h3-5,9,11H,2,6-8,10,12H2,1H3. The summed E-state index contributed by atoms with van der Waals surface area (Å²) >= 11 is 1.92. The van der Waals surface area contributed by atoms with Crippen LogP contribution in [0.25, 0.3) is 10.9 Å². The summed E-state index contributed by atoms with van der Waals surface area (Å²) in [5.74, 6) is 0. The van der Waals surface area contributed by atoms with E-state index in [9.17, 15) is 0 Å². The molecule has 2 aromatic rings. The van der Waals surface area contributed by atoms with E-state index >= 15 is 0 Å². The molecule has 0 atom stereocenters. The largest absolute Gasteiger partial charge is 0.256 e. The number of aryl methyl sites for hydroxylation is 1. The van der Waals surface area contributed by atoms with Gasteiger partial charge in [-0.05, 0) is 67.3 Å². The van der Waals surface area contributed by atoms with E-state index < -0.39 is 0 Å². The lowest BCUT2D eigenvalue weighted by Gasteiger charge is -2.38. The average molecular weight is 284 g/mol. The molecule has 2 aliphatic rings. The summed E-state index contributed by atoms with van der Waals surface area (Å²) in [6.45, 7) is 4.67. The van der Waals surface area contributed by atoms with E-state index in [2.05, 4.69) is 40.5 Å². The van der Waals surface area contributed by atoms with Crippen molar-refractivity contribution in [3.05, 3.63) is 36.0 Å². The lowest BCUT2D eigenvalue weighted by molar-refractivity contribution is 0.155. The van der Waals surface area contributed by atoms with Crippen molar-refractivity contribution >= 4 is 22.9 Å². The molecule has 104 valence electrons. The first-order chi connectivity index (χ1) is 9.74. The highest BCUT2D eigenvalue weighted by atomic mass is 32.2. The van der Waals surface area contributed by atoms with Crippen LogP contribution in [0.2, 0.25) is 0 Å². The second kappa shape index (κ2) is 4.74. The van der Waals surface area contributed by atoms with Gasteiger partial charge in [0.25, 0.3) is 0 Å². The monoisotopic (exact) mass is 284 g/mol. The Morgan fingerprint density at radius 1 is 1.20 bits per heavy atom. The minimum Gasteiger partial charge on any atom is -0.256 e. The van der Waals surface area contributed by atoms with Gasteiger partial charge in [-0.25, -0.2) is 4.31 Å². The summed E-state index contributed by atoms with van der Waals surface area (Å²) < 4.78 is 2.55. The van der Waals surface area contributed by atoms with Gasteiger partial charge in [-0.2, -0.15) is 0 Å². The molecule has 0 bridgehead atoms. The van der Waals surface area contributed by atoms with Gasteiger partial charge in [0.05, 0.1) is 5.52 Å². The fourth-order valence-electron chi connectivity index (χ4n) is 3.53. The number of aromatic nitrogens is 1. The van der Waals surface area contributed by atoms with Crippen LogP contribution in [0.1, 0.15) is 31.2 Å². The van der Waals surface area contributed by atoms with Gasteiger partial charge in [0.1, 0.15) is 0 Å². The minimum absolute atomic E-state index is 0.679. The molecule has 1 spiro atoms. The summed E-state index contributed by atoms with van der Waals surface area (Å²) in [7, 11) is 0. The molecule has 2 heterocycles. The molecule has 0 unspecified atom stereocenters. The Morgan fingerprint density at radius 2 is 2.10 bits per heavy atom. The normalized spacial score (nSPS) is 21.4. The highest BCUT2D eigenvalue weighted by Gasteiger charge is 2.42. The minimum atomic E-state index is 0.679. The van der Waals surface area contributed by atoms with E-state index in [1.807, 2.05) is 18.1 Å². The van der Waals surface area contributed by atoms with Crippen LogP contribution >= 0.6 is 11.9 Å². The van der Waals surface area contributed by atoms with E-state index in [1.165, 1.54) is 54.6 Å². The molecule has 1 saturated carbocycles. The van der Waals surface area contributed by atoms with Crippen LogP contribution in [-0.4, -0.2) is 22.4 Å². The number of fused-ring (bicyclic) bond motifs is 1. The fraction of sp³-hybridized carbons (Fsp3) is 0.471. The smallest absolute Gasteiger partial charge is 0.0716 e. The van der Waals surface area contributed by atoms with E-state index in [0.717, 1.165) is 5.52 Å². The molecule has 3 heteroatoms. The Bertz CT molecular complexity index is 648. The fourth-order valence-corrected chi connectivity index (χ4v) is 4.65. The maximum atomic E-state index is 4.50. The Balaban J connectivity index is 1.54. The van der Waals surface area contributed by atoms with E-state index in [4.69, 9.17) is 0 Å². The van der Waals surface area contributed by atoms with Crippen molar-refractivity contribution < 1.29 is 0 Å². The molecule has 0 amide bonds. The maximum Gasteiger partial charge on any atom is 0.0716 e. The van der Waals surface area contributed by atoms with Crippen molar-refractivity contribution in [1.29, 1.82) is 0 Å². The van der Waals surface area contributed by atoms with Crippen LogP contribution in [0.3, 0.4) is 0 Å². The number of pyridine rings is 1. The zero-order chi connectivity index (χ0) is 13.6. The molecule has 20 heavy (non-hydrogen) atoms. The molecular weight excluding hydrogens is 264 g/mol. The SMILES string of the molecule is Cc1ccnc2cc(SN3CCC4(CCC4)C3)ccc12. The van der Waals surface area contributed by atoms with Crippen molar-refractivity contribution in [1.82, 2.24) is 9.29 Å². The van der Waals surface area contributed by atoms with Crippen molar-refractivity contribution in [3.8, 4) is 0 Å².